The normalized spacial score (nSPS) is 18.9. The highest BCUT2D eigenvalue weighted by Crippen LogP contribution is 2.28. The average molecular weight is 767 g/mol. The SMILES string of the molecule is CCOC(=O)N1CCN(C(=O)C(CCC(=O)OCC(C)(O)CC)NC(=O)c2cc(OCC(=O)N3CCCC3C(=O)NC3CCC3)c3ccc(C)cc3n2)CC1. The van der Waals surface area contributed by atoms with Crippen molar-refractivity contribution < 1.29 is 48.1 Å². The van der Waals surface area contributed by atoms with Gasteiger partial charge in [0, 0.05) is 56.6 Å². The van der Waals surface area contributed by atoms with Gasteiger partial charge in [-0.2, -0.15) is 0 Å². The van der Waals surface area contributed by atoms with Crippen LogP contribution in [0.25, 0.3) is 10.9 Å². The topological polar surface area (TPSA) is 197 Å². The van der Waals surface area contributed by atoms with Crippen LogP contribution in [0.4, 0.5) is 4.79 Å². The lowest BCUT2D eigenvalue weighted by molar-refractivity contribution is -0.151. The average Bonchev–Trinajstić information content (AvgIpc) is 3.66. The van der Waals surface area contributed by atoms with E-state index >= 15 is 0 Å². The van der Waals surface area contributed by atoms with Crippen LogP contribution in [0, 0.1) is 6.92 Å². The van der Waals surface area contributed by atoms with E-state index in [1.807, 2.05) is 13.0 Å². The van der Waals surface area contributed by atoms with Gasteiger partial charge < -0.3 is 44.7 Å². The molecule has 1 aromatic heterocycles. The van der Waals surface area contributed by atoms with Crippen LogP contribution in [0.2, 0.25) is 0 Å². The van der Waals surface area contributed by atoms with Crippen LogP contribution in [0.3, 0.4) is 0 Å². The predicted octanol–water partition coefficient (Wildman–Crippen LogP) is 2.47. The van der Waals surface area contributed by atoms with Gasteiger partial charge in [0.1, 0.15) is 30.1 Å². The fraction of sp³-hybridized carbons (Fsp3) is 0.615. The lowest BCUT2D eigenvalue weighted by atomic mass is 9.93. The van der Waals surface area contributed by atoms with Crippen LogP contribution < -0.4 is 15.4 Å². The van der Waals surface area contributed by atoms with E-state index in [9.17, 15) is 33.9 Å². The van der Waals surface area contributed by atoms with E-state index in [-0.39, 0.29) is 88.1 Å². The number of nitrogens with zero attached hydrogens (tertiary/aromatic N) is 4. The molecular formula is C39H54N6O10. The maximum Gasteiger partial charge on any atom is 0.409 e. The number of rotatable bonds is 15. The third-order valence-corrected chi connectivity index (χ3v) is 10.5. The fourth-order valence-electron chi connectivity index (χ4n) is 6.66. The van der Waals surface area contributed by atoms with Crippen LogP contribution in [0.15, 0.2) is 24.3 Å². The summed E-state index contributed by atoms with van der Waals surface area (Å²) in [5, 5.41) is 16.6. The minimum atomic E-state index is -1.21. The van der Waals surface area contributed by atoms with Crippen molar-refractivity contribution in [1.82, 2.24) is 30.3 Å². The molecule has 1 aromatic carbocycles. The zero-order valence-electron chi connectivity index (χ0n) is 32.3. The highest BCUT2D eigenvalue weighted by Gasteiger charge is 2.36. The summed E-state index contributed by atoms with van der Waals surface area (Å²) >= 11 is 0. The third-order valence-electron chi connectivity index (χ3n) is 10.5. The summed E-state index contributed by atoms with van der Waals surface area (Å²) in [6.07, 6.45) is 3.80. The molecule has 3 atom stereocenters. The molecule has 55 heavy (non-hydrogen) atoms. The van der Waals surface area contributed by atoms with Crippen LogP contribution in [-0.2, 0) is 28.7 Å². The van der Waals surface area contributed by atoms with Gasteiger partial charge in [-0.25, -0.2) is 9.78 Å². The quantitative estimate of drug-likeness (QED) is 0.225. The molecule has 1 aliphatic carbocycles. The molecule has 3 aliphatic rings. The number of hydrogen-bond acceptors (Lipinski definition) is 11. The van der Waals surface area contributed by atoms with Crippen molar-refractivity contribution in [2.24, 2.45) is 0 Å². The first-order valence-corrected chi connectivity index (χ1v) is 19.3. The van der Waals surface area contributed by atoms with Gasteiger partial charge in [0.05, 0.1) is 17.7 Å². The van der Waals surface area contributed by atoms with E-state index in [1.54, 1.807) is 37.8 Å². The van der Waals surface area contributed by atoms with E-state index < -0.39 is 41.6 Å². The Balaban J connectivity index is 1.31. The van der Waals surface area contributed by atoms with E-state index in [0.29, 0.717) is 36.7 Å². The van der Waals surface area contributed by atoms with Gasteiger partial charge in [-0.05, 0) is 83.4 Å². The van der Waals surface area contributed by atoms with Gasteiger partial charge in [-0.1, -0.05) is 13.0 Å². The lowest BCUT2D eigenvalue weighted by Crippen LogP contribution is -2.56. The van der Waals surface area contributed by atoms with Crippen LogP contribution in [0.1, 0.15) is 88.2 Å². The van der Waals surface area contributed by atoms with Gasteiger partial charge in [-0.15, -0.1) is 0 Å². The molecule has 2 saturated heterocycles. The Hall–Kier alpha value is -4.99. The van der Waals surface area contributed by atoms with Gasteiger partial charge >= 0.3 is 12.1 Å². The number of nitrogens with one attached hydrogen (secondary N) is 2. The van der Waals surface area contributed by atoms with Gasteiger partial charge in [0.15, 0.2) is 6.61 Å². The Kier molecular flexibility index (Phi) is 13.9. The maximum atomic E-state index is 13.9. The number of carbonyl (C=O) groups is 6. The summed E-state index contributed by atoms with van der Waals surface area (Å²) in [6.45, 7) is 7.80. The number of aliphatic hydroxyl groups is 1. The molecule has 0 spiro atoms. The molecule has 3 unspecified atom stereocenters. The zero-order valence-corrected chi connectivity index (χ0v) is 32.3. The van der Waals surface area contributed by atoms with Gasteiger partial charge in [-0.3, -0.25) is 24.0 Å². The smallest absolute Gasteiger partial charge is 0.409 e. The minimum absolute atomic E-state index is 0.0778. The molecule has 3 fully saturated rings. The molecular weight excluding hydrogens is 712 g/mol. The number of aromatic nitrogens is 1. The van der Waals surface area contributed by atoms with E-state index in [4.69, 9.17) is 14.2 Å². The molecule has 5 amide bonds. The lowest BCUT2D eigenvalue weighted by Gasteiger charge is -2.36. The third kappa shape index (κ3) is 10.8. The summed E-state index contributed by atoms with van der Waals surface area (Å²) in [6, 6.07) is 5.25. The fourth-order valence-corrected chi connectivity index (χ4v) is 6.66. The first-order chi connectivity index (χ1) is 26.3. The molecule has 0 radical (unpaired) electrons. The Labute approximate surface area is 321 Å². The number of piperazine rings is 1. The number of pyridine rings is 1. The number of ether oxygens (including phenoxy) is 3. The van der Waals surface area contributed by atoms with Crippen molar-refractivity contribution in [2.75, 3.05) is 52.5 Å². The molecule has 5 rings (SSSR count). The number of fused-ring (bicyclic) bond motifs is 1. The number of likely N-dealkylation sites (tertiary alicyclic amines) is 1. The Morgan fingerprint density at radius 2 is 1.69 bits per heavy atom. The minimum Gasteiger partial charge on any atom is -0.483 e. The number of amides is 5. The monoisotopic (exact) mass is 766 g/mol. The Bertz CT molecular complexity index is 1740. The van der Waals surface area contributed by atoms with E-state index in [1.165, 1.54) is 15.9 Å². The second kappa shape index (κ2) is 18.6. The van der Waals surface area contributed by atoms with E-state index in [2.05, 4.69) is 15.6 Å². The second-order valence-corrected chi connectivity index (χ2v) is 14.8. The molecule has 3 heterocycles. The summed E-state index contributed by atoms with van der Waals surface area (Å²) in [5.41, 5.74) is 0.0137. The molecule has 2 aromatic rings. The largest absolute Gasteiger partial charge is 0.483 e. The first kappa shape index (κ1) is 41.2. The molecule has 0 bridgehead atoms. The first-order valence-electron chi connectivity index (χ1n) is 19.3. The number of benzene rings is 1. The molecule has 3 N–H and O–H groups in total. The Morgan fingerprint density at radius 3 is 2.36 bits per heavy atom. The van der Waals surface area contributed by atoms with Crippen LogP contribution in [-0.4, -0.2) is 137 Å². The number of carbonyl (C=O) groups excluding carboxylic acids is 6. The van der Waals surface area contributed by atoms with Crippen molar-refractivity contribution in [3.05, 3.63) is 35.5 Å². The number of hydrogen-bond donors (Lipinski definition) is 3. The Morgan fingerprint density at radius 1 is 0.964 bits per heavy atom. The summed E-state index contributed by atoms with van der Waals surface area (Å²) < 4.78 is 16.4. The number of aryl methyl sites for hydroxylation is 1. The molecule has 16 heteroatoms. The van der Waals surface area contributed by atoms with Gasteiger partial charge in [0.25, 0.3) is 11.8 Å². The maximum absolute atomic E-state index is 13.9. The number of esters is 1. The van der Waals surface area contributed by atoms with Crippen molar-refractivity contribution in [1.29, 1.82) is 0 Å². The van der Waals surface area contributed by atoms with Crippen molar-refractivity contribution in [2.45, 2.75) is 103 Å². The van der Waals surface area contributed by atoms with Gasteiger partial charge in [0.2, 0.25) is 11.8 Å². The van der Waals surface area contributed by atoms with Crippen molar-refractivity contribution in [3.63, 3.8) is 0 Å². The van der Waals surface area contributed by atoms with E-state index in [0.717, 1.165) is 24.8 Å². The van der Waals surface area contributed by atoms with Crippen LogP contribution >= 0.6 is 0 Å². The zero-order chi connectivity index (χ0) is 39.7. The molecule has 16 nitrogen and oxygen atoms in total. The highest BCUT2D eigenvalue weighted by atomic mass is 16.6. The summed E-state index contributed by atoms with van der Waals surface area (Å²) in [5.74, 6) is -2.08. The molecule has 300 valence electrons. The van der Waals surface area contributed by atoms with Crippen molar-refractivity contribution >= 4 is 46.6 Å². The predicted molar refractivity (Wildman–Crippen MR) is 200 cm³/mol. The standard InChI is InChI=1S/C39H54N6O10/c1-5-39(4,52)24-55-34(47)15-14-28(37(50)43-17-19-44(20-18-43)38(51)53-6-2)42-35(48)30-22-32(27-13-12-25(3)21-29(27)41-30)54-23-33(46)45-16-8-11-31(45)36(49)40-26-9-7-10-26/h12-13,21-22,26,28,31,52H,5-11,14-20,23-24H2,1-4H3,(H,40,49)(H,42,48). The summed E-state index contributed by atoms with van der Waals surface area (Å²) in [4.78, 5) is 88.3. The molecule has 1 saturated carbocycles. The second-order valence-electron chi connectivity index (χ2n) is 14.8. The molecule has 2 aliphatic heterocycles. The van der Waals surface area contributed by atoms with Crippen molar-refractivity contribution in [3.8, 4) is 5.75 Å². The highest BCUT2D eigenvalue weighted by molar-refractivity contribution is 5.99. The summed E-state index contributed by atoms with van der Waals surface area (Å²) in [7, 11) is 0. The van der Waals surface area contributed by atoms with Crippen LogP contribution in [0.5, 0.6) is 5.75 Å².